The molecule has 1 aromatic carbocycles. The minimum Gasteiger partial charge on any atom is -0.497 e. The van der Waals surface area contributed by atoms with E-state index in [9.17, 15) is 0 Å². The number of methoxy groups -OCH3 is 1. The third-order valence-electron chi connectivity index (χ3n) is 3.13. The summed E-state index contributed by atoms with van der Waals surface area (Å²) in [4.78, 5) is 0. The summed E-state index contributed by atoms with van der Waals surface area (Å²) in [6.07, 6.45) is 3.84. The minimum absolute atomic E-state index is 0.814. The Morgan fingerprint density at radius 2 is 2.41 bits per heavy atom. The predicted octanol–water partition coefficient (Wildman–Crippen LogP) is 2.72. The van der Waals surface area contributed by atoms with Gasteiger partial charge in [-0.1, -0.05) is 12.1 Å². The van der Waals surface area contributed by atoms with Crippen LogP contribution in [0.25, 0.3) is 0 Å². The first-order valence-corrected chi connectivity index (χ1v) is 7.38. The van der Waals surface area contributed by atoms with Crippen LogP contribution in [0.4, 0.5) is 0 Å². The standard InChI is InChI=1S/C14H21NOS/c1-16-13-5-2-4-12(10-13)7-9-17-14-6-3-8-15-11-14/h2,4-5,10,14-15H,3,6-9,11H2,1H3. The first-order chi connectivity index (χ1) is 8.38. The Labute approximate surface area is 108 Å². The van der Waals surface area contributed by atoms with Gasteiger partial charge >= 0.3 is 0 Å². The van der Waals surface area contributed by atoms with E-state index in [-0.39, 0.29) is 0 Å². The maximum absolute atomic E-state index is 5.23. The average molecular weight is 251 g/mol. The largest absolute Gasteiger partial charge is 0.497 e. The van der Waals surface area contributed by atoms with Crippen molar-refractivity contribution in [1.82, 2.24) is 5.32 Å². The molecule has 17 heavy (non-hydrogen) atoms. The highest BCUT2D eigenvalue weighted by Gasteiger charge is 2.12. The number of hydrogen-bond acceptors (Lipinski definition) is 3. The van der Waals surface area contributed by atoms with Crippen molar-refractivity contribution in [3.63, 3.8) is 0 Å². The second-order valence-corrected chi connectivity index (χ2v) is 5.85. The summed E-state index contributed by atoms with van der Waals surface area (Å²) >= 11 is 2.10. The van der Waals surface area contributed by atoms with E-state index < -0.39 is 0 Å². The molecule has 2 nitrogen and oxygen atoms in total. The lowest BCUT2D eigenvalue weighted by Crippen LogP contribution is -2.31. The van der Waals surface area contributed by atoms with Crippen LogP contribution in [0, 0.1) is 0 Å². The summed E-state index contributed by atoms with van der Waals surface area (Å²) in [6, 6.07) is 8.39. The van der Waals surface area contributed by atoms with Crippen molar-refractivity contribution in [2.75, 3.05) is 26.0 Å². The molecule has 3 heteroatoms. The van der Waals surface area contributed by atoms with E-state index in [4.69, 9.17) is 4.74 Å². The van der Waals surface area contributed by atoms with Crippen molar-refractivity contribution in [3.8, 4) is 5.75 Å². The van der Waals surface area contributed by atoms with Gasteiger partial charge in [0.2, 0.25) is 0 Å². The summed E-state index contributed by atoms with van der Waals surface area (Å²) in [6.45, 7) is 2.38. The molecule has 0 aromatic heterocycles. The highest BCUT2D eigenvalue weighted by atomic mass is 32.2. The number of nitrogens with one attached hydrogen (secondary N) is 1. The zero-order chi connectivity index (χ0) is 11.9. The van der Waals surface area contributed by atoms with Crippen LogP contribution in [0.15, 0.2) is 24.3 Å². The van der Waals surface area contributed by atoms with Gasteiger partial charge in [0.1, 0.15) is 5.75 Å². The van der Waals surface area contributed by atoms with Crippen LogP contribution >= 0.6 is 11.8 Å². The van der Waals surface area contributed by atoms with Gasteiger partial charge < -0.3 is 10.1 Å². The molecule has 0 amide bonds. The van der Waals surface area contributed by atoms with Crippen LogP contribution < -0.4 is 10.1 Å². The zero-order valence-electron chi connectivity index (χ0n) is 10.4. The number of benzene rings is 1. The van der Waals surface area contributed by atoms with Crippen molar-refractivity contribution in [1.29, 1.82) is 0 Å². The van der Waals surface area contributed by atoms with Crippen LogP contribution in [0.2, 0.25) is 0 Å². The Morgan fingerprint density at radius 1 is 1.47 bits per heavy atom. The number of rotatable bonds is 5. The van der Waals surface area contributed by atoms with Gasteiger partial charge in [-0.05, 0) is 49.3 Å². The Hall–Kier alpha value is -0.670. The van der Waals surface area contributed by atoms with Gasteiger partial charge in [-0.15, -0.1) is 0 Å². The van der Waals surface area contributed by atoms with E-state index in [0.29, 0.717) is 0 Å². The molecule has 94 valence electrons. The highest BCUT2D eigenvalue weighted by Crippen LogP contribution is 2.20. The molecule has 0 aliphatic carbocycles. The van der Waals surface area contributed by atoms with Gasteiger partial charge in [0.05, 0.1) is 7.11 Å². The molecule has 1 N–H and O–H groups in total. The van der Waals surface area contributed by atoms with Crippen LogP contribution in [0.1, 0.15) is 18.4 Å². The number of aryl methyl sites for hydroxylation is 1. The van der Waals surface area contributed by atoms with E-state index >= 15 is 0 Å². The predicted molar refractivity (Wildman–Crippen MR) is 75.0 cm³/mol. The quantitative estimate of drug-likeness (QED) is 0.869. The van der Waals surface area contributed by atoms with E-state index in [2.05, 4.69) is 35.3 Å². The topological polar surface area (TPSA) is 21.3 Å². The molecular weight excluding hydrogens is 230 g/mol. The molecule has 0 spiro atoms. The van der Waals surface area contributed by atoms with Gasteiger partial charge in [-0.25, -0.2) is 0 Å². The van der Waals surface area contributed by atoms with Gasteiger partial charge in [0, 0.05) is 11.8 Å². The van der Waals surface area contributed by atoms with Crippen molar-refractivity contribution >= 4 is 11.8 Å². The van der Waals surface area contributed by atoms with Crippen molar-refractivity contribution in [2.24, 2.45) is 0 Å². The van der Waals surface area contributed by atoms with Gasteiger partial charge in [0.15, 0.2) is 0 Å². The van der Waals surface area contributed by atoms with Gasteiger partial charge in [-0.3, -0.25) is 0 Å². The number of piperidine rings is 1. The summed E-state index contributed by atoms with van der Waals surface area (Å²) in [5.41, 5.74) is 1.38. The first kappa shape index (κ1) is 12.8. The smallest absolute Gasteiger partial charge is 0.119 e. The molecule has 0 saturated carbocycles. The SMILES string of the molecule is COc1cccc(CCSC2CCCNC2)c1. The van der Waals surface area contributed by atoms with Crippen molar-refractivity contribution in [2.45, 2.75) is 24.5 Å². The summed E-state index contributed by atoms with van der Waals surface area (Å²) in [5.74, 6) is 2.17. The lowest BCUT2D eigenvalue weighted by atomic mass is 10.2. The van der Waals surface area contributed by atoms with Crippen LogP contribution in [0.3, 0.4) is 0 Å². The second kappa shape index (κ2) is 6.92. The Bertz CT molecular complexity index is 337. The summed E-state index contributed by atoms with van der Waals surface area (Å²) < 4.78 is 5.23. The highest BCUT2D eigenvalue weighted by molar-refractivity contribution is 7.99. The van der Waals surface area contributed by atoms with E-state index in [1.165, 1.54) is 37.2 Å². The fourth-order valence-corrected chi connectivity index (χ4v) is 3.39. The van der Waals surface area contributed by atoms with Crippen LogP contribution in [-0.2, 0) is 6.42 Å². The molecule has 1 fully saturated rings. The maximum Gasteiger partial charge on any atom is 0.119 e. The third-order valence-corrected chi connectivity index (χ3v) is 4.44. The molecule has 0 radical (unpaired) electrons. The molecule has 2 rings (SSSR count). The monoisotopic (exact) mass is 251 g/mol. The fourth-order valence-electron chi connectivity index (χ4n) is 2.13. The van der Waals surface area contributed by atoms with Crippen molar-refractivity contribution < 1.29 is 4.74 Å². The van der Waals surface area contributed by atoms with Crippen LogP contribution in [-0.4, -0.2) is 31.2 Å². The van der Waals surface area contributed by atoms with Gasteiger partial charge in [0.25, 0.3) is 0 Å². The van der Waals surface area contributed by atoms with Gasteiger partial charge in [-0.2, -0.15) is 11.8 Å². The summed E-state index contributed by atoms with van der Waals surface area (Å²) in [7, 11) is 1.72. The molecule has 1 heterocycles. The molecule has 1 atom stereocenters. The van der Waals surface area contributed by atoms with Crippen LogP contribution in [0.5, 0.6) is 5.75 Å². The minimum atomic E-state index is 0.814. The average Bonchev–Trinajstić information content (AvgIpc) is 2.40. The Kier molecular flexibility index (Phi) is 5.20. The van der Waals surface area contributed by atoms with E-state index in [1.54, 1.807) is 7.11 Å². The normalized spacial score (nSPS) is 20.2. The molecule has 1 unspecified atom stereocenters. The van der Waals surface area contributed by atoms with E-state index in [1.807, 2.05) is 6.07 Å². The third kappa shape index (κ3) is 4.25. The Balaban J connectivity index is 1.73. The number of hydrogen-bond donors (Lipinski definition) is 1. The molecule has 1 aliphatic heterocycles. The summed E-state index contributed by atoms with van der Waals surface area (Å²) in [5, 5.41) is 4.28. The zero-order valence-corrected chi connectivity index (χ0v) is 11.3. The maximum atomic E-state index is 5.23. The number of thioether (sulfide) groups is 1. The molecule has 1 saturated heterocycles. The fraction of sp³-hybridized carbons (Fsp3) is 0.571. The lowest BCUT2D eigenvalue weighted by molar-refractivity contribution is 0.414. The molecule has 1 aliphatic rings. The molecular formula is C14H21NOS. The first-order valence-electron chi connectivity index (χ1n) is 6.34. The molecule has 1 aromatic rings. The molecule has 0 bridgehead atoms. The Morgan fingerprint density at radius 3 is 3.18 bits per heavy atom. The second-order valence-electron chi connectivity index (χ2n) is 4.44. The lowest BCUT2D eigenvalue weighted by Gasteiger charge is -2.22. The van der Waals surface area contributed by atoms with Crippen molar-refractivity contribution in [3.05, 3.63) is 29.8 Å². The van der Waals surface area contributed by atoms with E-state index in [0.717, 1.165) is 17.4 Å². The number of ether oxygens (including phenoxy) is 1.